The SMILES string of the molecule is CCc1ncc(CNCc2cnc(C)cn2)s1. The van der Waals surface area contributed by atoms with Crippen LogP contribution in [0.3, 0.4) is 0 Å². The number of aromatic nitrogens is 3. The zero-order valence-electron chi connectivity index (χ0n) is 10.1. The van der Waals surface area contributed by atoms with Crippen molar-refractivity contribution >= 4 is 11.3 Å². The molecule has 2 rings (SSSR count). The zero-order chi connectivity index (χ0) is 12.1. The lowest BCUT2D eigenvalue weighted by atomic mass is 10.4. The zero-order valence-corrected chi connectivity index (χ0v) is 10.9. The summed E-state index contributed by atoms with van der Waals surface area (Å²) in [6.07, 6.45) is 6.55. The quantitative estimate of drug-likeness (QED) is 0.880. The molecule has 0 amide bonds. The minimum atomic E-state index is 0.743. The van der Waals surface area contributed by atoms with Gasteiger partial charge in [0, 0.05) is 36.6 Å². The molecule has 5 heteroatoms. The summed E-state index contributed by atoms with van der Waals surface area (Å²) < 4.78 is 0. The Morgan fingerprint density at radius 2 is 2.00 bits per heavy atom. The van der Waals surface area contributed by atoms with E-state index in [1.807, 2.05) is 19.3 Å². The molecule has 0 saturated heterocycles. The van der Waals surface area contributed by atoms with Gasteiger partial charge in [0.05, 0.1) is 16.4 Å². The van der Waals surface area contributed by atoms with Crippen molar-refractivity contribution in [1.82, 2.24) is 20.3 Å². The fourth-order valence-corrected chi connectivity index (χ4v) is 2.25. The average molecular weight is 248 g/mol. The molecule has 2 heterocycles. The van der Waals surface area contributed by atoms with E-state index in [1.165, 1.54) is 9.88 Å². The van der Waals surface area contributed by atoms with Gasteiger partial charge >= 0.3 is 0 Å². The predicted molar refractivity (Wildman–Crippen MR) is 68.8 cm³/mol. The van der Waals surface area contributed by atoms with E-state index in [0.29, 0.717) is 0 Å². The first-order valence-electron chi connectivity index (χ1n) is 5.69. The molecule has 0 aliphatic heterocycles. The van der Waals surface area contributed by atoms with Crippen molar-refractivity contribution in [3.8, 4) is 0 Å². The molecule has 0 bridgehead atoms. The van der Waals surface area contributed by atoms with E-state index in [4.69, 9.17) is 0 Å². The van der Waals surface area contributed by atoms with Gasteiger partial charge in [-0.3, -0.25) is 9.97 Å². The predicted octanol–water partition coefficient (Wildman–Crippen LogP) is 2.09. The third kappa shape index (κ3) is 3.57. The lowest BCUT2D eigenvalue weighted by molar-refractivity contribution is 0.681. The highest BCUT2D eigenvalue weighted by Crippen LogP contribution is 2.12. The van der Waals surface area contributed by atoms with E-state index < -0.39 is 0 Å². The van der Waals surface area contributed by atoms with Crippen LogP contribution in [0.15, 0.2) is 18.6 Å². The van der Waals surface area contributed by atoms with Crippen molar-refractivity contribution in [3.05, 3.63) is 39.9 Å². The summed E-state index contributed by atoms with van der Waals surface area (Å²) in [5, 5.41) is 4.53. The van der Waals surface area contributed by atoms with Crippen molar-refractivity contribution in [3.63, 3.8) is 0 Å². The number of rotatable bonds is 5. The minimum absolute atomic E-state index is 0.743. The van der Waals surface area contributed by atoms with Crippen LogP contribution in [0.2, 0.25) is 0 Å². The fraction of sp³-hybridized carbons (Fsp3) is 0.417. The molecule has 0 aliphatic rings. The third-order valence-electron chi connectivity index (χ3n) is 2.34. The molecule has 0 aliphatic carbocycles. The normalized spacial score (nSPS) is 10.7. The number of thiazole rings is 1. The van der Waals surface area contributed by atoms with Gasteiger partial charge in [0.2, 0.25) is 0 Å². The monoisotopic (exact) mass is 248 g/mol. The number of hydrogen-bond acceptors (Lipinski definition) is 5. The van der Waals surface area contributed by atoms with Gasteiger partial charge in [-0.2, -0.15) is 0 Å². The van der Waals surface area contributed by atoms with Crippen LogP contribution >= 0.6 is 11.3 Å². The Morgan fingerprint density at radius 3 is 2.65 bits per heavy atom. The van der Waals surface area contributed by atoms with E-state index in [0.717, 1.165) is 30.9 Å². The standard InChI is InChI=1S/C12H16N4S/c1-3-12-16-8-11(17-12)7-13-5-10-6-14-9(2)4-15-10/h4,6,8,13H,3,5,7H2,1-2H3. The molecular weight excluding hydrogens is 232 g/mol. The van der Waals surface area contributed by atoms with Gasteiger partial charge in [-0.15, -0.1) is 11.3 Å². The van der Waals surface area contributed by atoms with E-state index >= 15 is 0 Å². The Kier molecular flexibility index (Phi) is 4.17. The molecule has 2 aromatic heterocycles. The molecule has 1 N–H and O–H groups in total. The maximum atomic E-state index is 4.32. The molecule has 0 aromatic carbocycles. The highest BCUT2D eigenvalue weighted by Gasteiger charge is 2.00. The van der Waals surface area contributed by atoms with Gasteiger partial charge in [-0.25, -0.2) is 4.98 Å². The second kappa shape index (κ2) is 5.84. The second-order valence-corrected chi connectivity index (χ2v) is 5.03. The fourth-order valence-electron chi connectivity index (χ4n) is 1.42. The molecule has 0 atom stereocenters. The Morgan fingerprint density at radius 1 is 1.12 bits per heavy atom. The average Bonchev–Trinajstić information content (AvgIpc) is 2.80. The molecule has 0 fully saturated rings. The van der Waals surface area contributed by atoms with E-state index in [9.17, 15) is 0 Å². The van der Waals surface area contributed by atoms with Gasteiger partial charge in [0.1, 0.15) is 0 Å². The summed E-state index contributed by atoms with van der Waals surface area (Å²) in [5.74, 6) is 0. The highest BCUT2D eigenvalue weighted by atomic mass is 32.1. The first kappa shape index (κ1) is 12.1. The van der Waals surface area contributed by atoms with Crippen LogP contribution in [0.1, 0.15) is 28.2 Å². The number of hydrogen-bond donors (Lipinski definition) is 1. The van der Waals surface area contributed by atoms with Crippen LogP contribution in [0.5, 0.6) is 0 Å². The molecule has 90 valence electrons. The number of nitrogens with zero attached hydrogens (tertiary/aromatic N) is 3. The summed E-state index contributed by atoms with van der Waals surface area (Å²) in [5.41, 5.74) is 1.92. The highest BCUT2D eigenvalue weighted by molar-refractivity contribution is 7.11. The molecule has 4 nitrogen and oxygen atoms in total. The summed E-state index contributed by atoms with van der Waals surface area (Å²) in [4.78, 5) is 14.1. The van der Waals surface area contributed by atoms with Gasteiger partial charge < -0.3 is 5.32 Å². The molecule has 0 radical (unpaired) electrons. The first-order valence-corrected chi connectivity index (χ1v) is 6.51. The second-order valence-electron chi connectivity index (χ2n) is 3.83. The number of aryl methyl sites for hydroxylation is 2. The van der Waals surface area contributed by atoms with Gasteiger partial charge in [0.15, 0.2) is 0 Å². The van der Waals surface area contributed by atoms with Crippen molar-refractivity contribution in [2.24, 2.45) is 0 Å². The maximum absolute atomic E-state index is 4.32. The largest absolute Gasteiger partial charge is 0.306 e. The van der Waals surface area contributed by atoms with E-state index in [1.54, 1.807) is 17.5 Å². The van der Waals surface area contributed by atoms with Crippen LogP contribution in [-0.4, -0.2) is 15.0 Å². The van der Waals surface area contributed by atoms with Crippen LogP contribution in [0.4, 0.5) is 0 Å². The van der Waals surface area contributed by atoms with Gasteiger partial charge in [-0.1, -0.05) is 6.92 Å². The van der Waals surface area contributed by atoms with Crippen LogP contribution in [-0.2, 0) is 19.5 Å². The molecule has 0 spiro atoms. The number of nitrogens with one attached hydrogen (secondary N) is 1. The van der Waals surface area contributed by atoms with Crippen molar-refractivity contribution in [2.45, 2.75) is 33.4 Å². The van der Waals surface area contributed by atoms with Crippen LogP contribution in [0.25, 0.3) is 0 Å². The smallest absolute Gasteiger partial charge is 0.0925 e. The lowest BCUT2D eigenvalue weighted by Gasteiger charge is -2.02. The lowest BCUT2D eigenvalue weighted by Crippen LogP contribution is -2.13. The topological polar surface area (TPSA) is 50.7 Å². The molecule has 0 unspecified atom stereocenters. The Bertz CT molecular complexity index is 464. The van der Waals surface area contributed by atoms with Crippen LogP contribution < -0.4 is 5.32 Å². The summed E-state index contributed by atoms with van der Waals surface area (Å²) >= 11 is 1.76. The Balaban J connectivity index is 1.81. The maximum Gasteiger partial charge on any atom is 0.0925 e. The summed E-state index contributed by atoms with van der Waals surface area (Å²) in [6, 6.07) is 0. The molecular formula is C12H16N4S. The van der Waals surface area contributed by atoms with Crippen LogP contribution in [0, 0.1) is 6.92 Å². The minimum Gasteiger partial charge on any atom is -0.306 e. The van der Waals surface area contributed by atoms with Crippen molar-refractivity contribution in [1.29, 1.82) is 0 Å². The third-order valence-corrected chi connectivity index (χ3v) is 3.49. The molecule has 0 saturated carbocycles. The molecule has 17 heavy (non-hydrogen) atoms. The van der Waals surface area contributed by atoms with Gasteiger partial charge in [0.25, 0.3) is 0 Å². The first-order chi connectivity index (χ1) is 8.28. The van der Waals surface area contributed by atoms with Gasteiger partial charge in [-0.05, 0) is 13.3 Å². The Hall–Kier alpha value is -1.33. The molecule has 2 aromatic rings. The van der Waals surface area contributed by atoms with Crippen molar-refractivity contribution in [2.75, 3.05) is 0 Å². The summed E-state index contributed by atoms with van der Waals surface area (Å²) in [6.45, 7) is 5.64. The van der Waals surface area contributed by atoms with Crippen molar-refractivity contribution < 1.29 is 0 Å². The Labute approximate surface area is 105 Å². The summed E-state index contributed by atoms with van der Waals surface area (Å²) in [7, 11) is 0. The van der Waals surface area contributed by atoms with E-state index in [2.05, 4.69) is 27.2 Å². The van der Waals surface area contributed by atoms with E-state index in [-0.39, 0.29) is 0 Å².